The lowest BCUT2D eigenvalue weighted by Gasteiger charge is -2.40. The van der Waals surface area contributed by atoms with Crippen molar-refractivity contribution in [1.29, 1.82) is 0 Å². The lowest BCUT2D eigenvalue weighted by Crippen LogP contribution is -2.49. The summed E-state index contributed by atoms with van der Waals surface area (Å²) in [6.07, 6.45) is 0. The molecule has 34 heavy (non-hydrogen) atoms. The number of benzene rings is 2. The number of methoxy groups -OCH3 is 1. The van der Waals surface area contributed by atoms with Crippen LogP contribution in [0.3, 0.4) is 0 Å². The maximum absolute atomic E-state index is 15.0. The highest BCUT2D eigenvalue weighted by atomic mass is 19.1. The van der Waals surface area contributed by atoms with Gasteiger partial charge in [-0.1, -0.05) is 18.2 Å². The highest BCUT2D eigenvalue weighted by molar-refractivity contribution is 5.47. The van der Waals surface area contributed by atoms with E-state index in [-0.39, 0.29) is 22.7 Å². The Hall–Kier alpha value is -3.23. The zero-order valence-electron chi connectivity index (χ0n) is 19.4. The summed E-state index contributed by atoms with van der Waals surface area (Å²) >= 11 is 0. The molecule has 2 aromatic carbocycles. The van der Waals surface area contributed by atoms with Gasteiger partial charge < -0.3 is 19.3 Å². The quantitative estimate of drug-likeness (QED) is 0.572. The minimum absolute atomic E-state index is 0.148. The molecule has 1 aliphatic heterocycles. The number of pyridine rings is 1. The molecule has 1 fully saturated rings. The average molecular weight is 470 g/mol. The molecule has 180 valence electrons. The molecule has 0 bridgehead atoms. The van der Waals surface area contributed by atoms with Crippen molar-refractivity contribution >= 4 is 5.69 Å². The number of rotatable bonds is 7. The van der Waals surface area contributed by atoms with Crippen molar-refractivity contribution in [3.63, 3.8) is 0 Å². The summed E-state index contributed by atoms with van der Waals surface area (Å²) < 4.78 is 35.0. The normalized spacial score (nSPS) is 15.5. The summed E-state index contributed by atoms with van der Waals surface area (Å²) in [6.45, 7) is 4.70. The Balaban J connectivity index is 1.72. The number of piperazine rings is 1. The largest absolute Gasteiger partial charge is 0.507 e. The predicted octanol–water partition coefficient (Wildman–Crippen LogP) is 3.70. The standard InChI is InChI=1S/C26H29F2N3O3/c1-18-17-23(32)24(26(33)31(18)15-16-34-2)25(21-5-3-4-6-22(21)28)30-13-11-29(12-14-30)20-9-7-19(27)8-10-20/h3-10,17,25,32H,11-16H2,1-2H3/t25-/m0/s1. The Kier molecular flexibility index (Phi) is 7.29. The molecule has 0 amide bonds. The minimum atomic E-state index is -0.751. The number of halogens is 2. The first-order chi connectivity index (χ1) is 16.4. The molecule has 2 heterocycles. The van der Waals surface area contributed by atoms with Crippen LogP contribution in [0.15, 0.2) is 59.4 Å². The van der Waals surface area contributed by atoms with Gasteiger partial charge in [-0.05, 0) is 43.3 Å². The van der Waals surface area contributed by atoms with Gasteiger partial charge in [0.25, 0.3) is 5.56 Å². The number of anilines is 1. The third-order valence-corrected chi connectivity index (χ3v) is 6.39. The molecule has 6 nitrogen and oxygen atoms in total. The molecule has 0 unspecified atom stereocenters. The van der Waals surface area contributed by atoms with E-state index in [0.29, 0.717) is 50.6 Å². The first-order valence-electron chi connectivity index (χ1n) is 11.3. The highest BCUT2D eigenvalue weighted by Crippen LogP contribution is 2.35. The minimum Gasteiger partial charge on any atom is -0.507 e. The zero-order valence-corrected chi connectivity index (χ0v) is 19.4. The van der Waals surface area contributed by atoms with Crippen molar-refractivity contribution in [2.45, 2.75) is 19.5 Å². The summed E-state index contributed by atoms with van der Waals surface area (Å²) in [5.41, 5.74) is 1.65. The summed E-state index contributed by atoms with van der Waals surface area (Å²) in [7, 11) is 1.56. The molecule has 0 radical (unpaired) electrons. The van der Waals surface area contributed by atoms with Crippen molar-refractivity contribution in [3.05, 3.63) is 93.4 Å². The molecule has 1 N–H and O–H groups in total. The Labute approximate surface area is 197 Å². The van der Waals surface area contributed by atoms with E-state index in [0.717, 1.165) is 5.69 Å². The summed E-state index contributed by atoms with van der Waals surface area (Å²) in [6, 6.07) is 13.5. The summed E-state index contributed by atoms with van der Waals surface area (Å²) in [4.78, 5) is 17.7. The third kappa shape index (κ3) is 4.83. The first-order valence-corrected chi connectivity index (χ1v) is 11.3. The SMILES string of the molecule is COCCn1c(C)cc(O)c([C@H](c2ccccc2F)N2CCN(c3ccc(F)cc3)CC2)c1=O. The van der Waals surface area contributed by atoms with Crippen LogP contribution in [0.1, 0.15) is 22.9 Å². The second kappa shape index (κ2) is 10.4. The van der Waals surface area contributed by atoms with Crippen molar-refractivity contribution in [3.8, 4) is 5.75 Å². The average Bonchev–Trinajstić information content (AvgIpc) is 2.83. The smallest absolute Gasteiger partial charge is 0.259 e. The van der Waals surface area contributed by atoms with E-state index in [9.17, 15) is 14.3 Å². The maximum atomic E-state index is 15.0. The maximum Gasteiger partial charge on any atom is 0.259 e. The van der Waals surface area contributed by atoms with E-state index in [2.05, 4.69) is 4.90 Å². The van der Waals surface area contributed by atoms with Gasteiger partial charge in [0, 0.05) is 56.8 Å². The number of hydrogen-bond donors (Lipinski definition) is 1. The fraction of sp³-hybridized carbons (Fsp3) is 0.346. The van der Waals surface area contributed by atoms with E-state index >= 15 is 4.39 Å². The van der Waals surface area contributed by atoms with Crippen LogP contribution < -0.4 is 10.5 Å². The molecule has 4 rings (SSSR count). The monoisotopic (exact) mass is 469 g/mol. The van der Waals surface area contributed by atoms with Crippen LogP contribution in [0, 0.1) is 18.6 Å². The van der Waals surface area contributed by atoms with Crippen LogP contribution in [0.25, 0.3) is 0 Å². The second-order valence-corrected chi connectivity index (χ2v) is 8.46. The van der Waals surface area contributed by atoms with E-state index in [1.165, 1.54) is 18.2 Å². The van der Waals surface area contributed by atoms with Crippen molar-refractivity contribution in [2.24, 2.45) is 0 Å². The molecule has 1 aromatic heterocycles. The highest BCUT2D eigenvalue weighted by Gasteiger charge is 2.33. The van der Waals surface area contributed by atoms with Gasteiger partial charge in [-0.25, -0.2) is 8.78 Å². The Bertz CT molecular complexity index is 1190. The molecule has 0 aliphatic carbocycles. The van der Waals surface area contributed by atoms with Crippen LogP contribution in [0.5, 0.6) is 5.75 Å². The van der Waals surface area contributed by atoms with Gasteiger partial charge in [-0.3, -0.25) is 9.69 Å². The Morgan fingerprint density at radius 1 is 1.03 bits per heavy atom. The first kappa shape index (κ1) is 23.9. The zero-order chi connectivity index (χ0) is 24.2. The third-order valence-electron chi connectivity index (χ3n) is 6.39. The number of aromatic hydroxyl groups is 1. The van der Waals surface area contributed by atoms with Crippen LogP contribution in [0.2, 0.25) is 0 Å². The van der Waals surface area contributed by atoms with Gasteiger partial charge in [-0.15, -0.1) is 0 Å². The topological polar surface area (TPSA) is 57.9 Å². The van der Waals surface area contributed by atoms with Crippen LogP contribution >= 0.6 is 0 Å². The number of aryl methyl sites for hydroxylation is 1. The summed E-state index contributed by atoms with van der Waals surface area (Å²) in [5, 5.41) is 10.9. The van der Waals surface area contributed by atoms with Crippen LogP contribution in [0.4, 0.5) is 14.5 Å². The van der Waals surface area contributed by atoms with Gasteiger partial charge in [-0.2, -0.15) is 0 Å². The predicted molar refractivity (Wildman–Crippen MR) is 127 cm³/mol. The number of ether oxygens (including phenoxy) is 1. The molecule has 0 spiro atoms. The lowest BCUT2D eigenvalue weighted by atomic mass is 9.95. The van der Waals surface area contributed by atoms with Crippen LogP contribution in [-0.4, -0.2) is 54.5 Å². The fourth-order valence-electron chi connectivity index (χ4n) is 4.61. The molecule has 8 heteroatoms. The van der Waals surface area contributed by atoms with Gasteiger partial charge in [0.2, 0.25) is 0 Å². The Morgan fingerprint density at radius 3 is 2.35 bits per heavy atom. The molecular weight excluding hydrogens is 440 g/mol. The van der Waals surface area contributed by atoms with Gasteiger partial charge in [0.15, 0.2) is 0 Å². The van der Waals surface area contributed by atoms with Crippen LogP contribution in [-0.2, 0) is 11.3 Å². The second-order valence-electron chi connectivity index (χ2n) is 8.46. The van der Waals surface area contributed by atoms with E-state index in [1.54, 1.807) is 55.0 Å². The lowest BCUT2D eigenvalue weighted by molar-refractivity contribution is 0.183. The van der Waals surface area contributed by atoms with E-state index in [1.807, 2.05) is 4.90 Å². The molecule has 1 atom stereocenters. The number of aromatic nitrogens is 1. The molecule has 0 saturated carbocycles. The van der Waals surface area contributed by atoms with E-state index in [4.69, 9.17) is 4.74 Å². The molecular formula is C26H29F2N3O3. The Morgan fingerprint density at radius 2 is 1.71 bits per heavy atom. The van der Waals surface area contributed by atoms with Gasteiger partial charge in [0.05, 0.1) is 18.2 Å². The van der Waals surface area contributed by atoms with Crippen molar-refractivity contribution in [2.75, 3.05) is 44.8 Å². The molecule has 3 aromatic rings. The van der Waals surface area contributed by atoms with E-state index < -0.39 is 11.9 Å². The summed E-state index contributed by atoms with van der Waals surface area (Å²) in [5.74, 6) is -0.872. The van der Waals surface area contributed by atoms with Crippen molar-refractivity contribution in [1.82, 2.24) is 9.47 Å². The van der Waals surface area contributed by atoms with Gasteiger partial charge in [0.1, 0.15) is 17.4 Å². The molecule has 1 saturated heterocycles. The van der Waals surface area contributed by atoms with Gasteiger partial charge >= 0.3 is 0 Å². The molecule has 1 aliphatic rings. The number of hydrogen-bond acceptors (Lipinski definition) is 5. The fourth-order valence-corrected chi connectivity index (χ4v) is 4.61. The number of nitrogens with zero attached hydrogens (tertiary/aromatic N) is 3. The van der Waals surface area contributed by atoms with Crippen molar-refractivity contribution < 1.29 is 18.6 Å².